The fourth-order valence-electron chi connectivity index (χ4n) is 2.01. The summed E-state index contributed by atoms with van der Waals surface area (Å²) in [5.41, 5.74) is 1.09. The second kappa shape index (κ2) is 6.51. The van der Waals surface area contributed by atoms with Gasteiger partial charge in [-0.1, -0.05) is 42.5 Å². The smallest absolute Gasteiger partial charge is 0.471 e. The molecule has 0 saturated heterocycles. The summed E-state index contributed by atoms with van der Waals surface area (Å²) in [5, 5.41) is 2.02. The topological polar surface area (TPSA) is 38.3 Å². The van der Waals surface area contributed by atoms with Gasteiger partial charge in [0.15, 0.2) is 0 Å². The lowest BCUT2D eigenvalue weighted by molar-refractivity contribution is -0.174. The number of carbonyl (C=O) groups is 1. The second-order valence-electron chi connectivity index (χ2n) is 4.59. The molecule has 0 unspecified atom stereocenters. The summed E-state index contributed by atoms with van der Waals surface area (Å²) in [6, 6.07) is 14.1. The van der Waals surface area contributed by atoms with E-state index in [0.29, 0.717) is 16.9 Å². The minimum absolute atomic E-state index is 0.532. The van der Waals surface area contributed by atoms with Crippen molar-refractivity contribution in [2.45, 2.75) is 12.2 Å². The molecule has 0 radical (unpaired) electrons. The molecule has 2 aromatic carbocycles. The van der Waals surface area contributed by atoms with E-state index >= 15 is 0 Å². The molecule has 0 aliphatic rings. The van der Waals surface area contributed by atoms with E-state index in [9.17, 15) is 18.0 Å². The van der Waals surface area contributed by atoms with Gasteiger partial charge in [-0.3, -0.25) is 4.79 Å². The molecule has 6 heteroatoms. The number of benzene rings is 2. The highest BCUT2D eigenvalue weighted by Gasteiger charge is 2.40. The second-order valence-corrected chi connectivity index (χ2v) is 4.59. The fourth-order valence-corrected chi connectivity index (χ4v) is 2.01. The van der Waals surface area contributed by atoms with Crippen molar-refractivity contribution in [1.82, 2.24) is 5.32 Å². The van der Waals surface area contributed by atoms with Crippen LogP contribution in [-0.4, -0.2) is 19.2 Å². The summed E-state index contributed by atoms with van der Waals surface area (Å²) in [6.45, 7) is 0. The van der Waals surface area contributed by atoms with E-state index in [1.54, 1.807) is 54.6 Å². The van der Waals surface area contributed by atoms with Crippen LogP contribution in [0.4, 0.5) is 13.2 Å². The van der Waals surface area contributed by atoms with E-state index in [1.807, 2.05) is 5.32 Å². The number of halogens is 3. The van der Waals surface area contributed by atoms with E-state index in [1.165, 1.54) is 7.11 Å². The van der Waals surface area contributed by atoms with Gasteiger partial charge in [0.05, 0.1) is 13.2 Å². The van der Waals surface area contributed by atoms with E-state index in [4.69, 9.17) is 4.74 Å². The molecule has 0 aliphatic carbocycles. The normalized spacial score (nSPS) is 12.5. The molecule has 1 amide bonds. The molecule has 0 saturated carbocycles. The number of rotatable bonds is 4. The summed E-state index contributed by atoms with van der Waals surface area (Å²) in [5.74, 6) is -1.39. The first-order chi connectivity index (χ1) is 10.4. The van der Waals surface area contributed by atoms with Crippen LogP contribution in [0.1, 0.15) is 17.2 Å². The third-order valence-electron chi connectivity index (χ3n) is 3.11. The Hall–Kier alpha value is -2.50. The highest BCUT2D eigenvalue weighted by Crippen LogP contribution is 2.26. The minimum atomic E-state index is -4.93. The van der Waals surface area contributed by atoms with Gasteiger partial charge in [0, 0.05) is 0 Å². The summed E-state index contributed by atoms with van der Waals surface area (Å²) < 4.78 is 42.6. The highest BCUT2D eigenvalue weighted by molar-refractivity contribution is 5.82. The molecule has 0 fully saturated rings. The molecule has 0 aliphatic heterocycles. The maximum absolute atomic E-state index is 12.5. The van der Waals surface area contributed by atoms with Crippen molar-refractivity contribution in [3.05, 3.63) is 65.7 Å². The van der Waals surface area contributed by atoms with Gasteiger partial charge in [0.25, 0.3) is 0 Å². The third-order valence-corrected chi connectivity index (χ3v) is 3.11. The Morgan fingerprint density at radius 1 is 1.00 bits per heavy atom. The van der Waals surface area contributed by atoms with Crippen molar-refractivity contribution in [3.63, 3.8) is 0 Å². The third kappa shape index (κ3) is 3.78. The average molecular weight is 309 g/mol. The van der Waals surface area contributed by atoms with Gasteiger partial charge in [-0.05, 0) is 23.3 Å². The Balaban J connectivity index is 2.35. The van der Waals surface area contributed by atoms with Crippen LogP contribution in [0.25, 0.3) is 0 Å². The zero-order valence-corrected chi connectivity index (χ0v) is 11.7. The SMILES string of the molecule is COc1ccc([C@@H](NC(=O)C(F)(F)F)c2ccccc2)cc1. The lowest BCUT2D eigenvalue weighted by atomic mass is 9.98. The molecular formula is C16H14F3NO2. The van der Waals surface area contributed by atoms with Crippen LogP contribution in [0, 0.1) is 0 Å². The number of alkyl halides is 3. The van der Waals surface area contributed by atoms with Crippen LogP contribution in [0.5, 0.6) is 5.75 Å². The Morgan fingerprint density at radius 3 is 2.05 bits per heavy atom. The Bertz CT molecular complexity index is 624. The first kappa shape index (κ1) is 15.9. The lowest BCUT2D eigenvalue weighted by Crippen LogP contribution is -2.39. The summed E-state index contributed by atoms with van der Waals surface area (Å²) in [4.78, 5) is 11.3. The number of ether oxygens (including phenoxy) is 1. The molecule has 0 bridgehead atoms. The highest BCUT2D eigenvalue weighted by atomic mass is 19.4. The first-order valence-corrected chi connectivity index (χ1v) is 6.48. The molecule has 1 N–H and O–H groups in total. The summed E-state index contributed by atoms with van der Waals surface area (Å²) in [6.07, 6.45) is -4.93. The minimum Gasteiger partial charge on any atom is -0.497 e. The number of carbonyl (C=O) groups excluding carboxylic acids is 1. The van der Waals surface area contributed by atoms with Crippen molar-refractivity contribution in [1.29, 1.82) is 0 Å². The summed E-state index contributed by atoms with van der Waals surface area (Å²) >= 11 is 0. The van der Waals surface area contributed by atoms with Crippen molar-refractivity contribution < 1.29 is 22.7 Å². The molecule has 3 nitrogen and oxygen atoms in total. The van der Waals surface area contributed by atoms with Crippen molar-refractivity contribution in [2.75, 3.05) is 7.11 Å². The monoisotopic (exact) mass is 309 g/mol. The fraction of sp³-hybridized carbons (Fsp3) is 0.188. The number of hydrogen-bond donors (Lipinski definition) is 1. The van der Waals surface area contributed by atoms with Crippen LogP contribution < -0.4 is 10.1 Å². The number of methoxy groups -OCH3 is 1. The van der Waals surface area contributed by atoms with E-state index < -0.39 is 18.1 Å². The molecule has 0 spiro atoms. The predicted octanol–water partition coefficient (Wildman–Crippen LogP) is 3.46. The van der Waals surface area contributed by atoms with Gasteiger partial charge in [0.2, 0.25) is 0 Å². The maximum Gasteiger partial charge on any atom is 0.471 e. The largest absolute Gasteiger partial charge is 0.497 e. The van der Waals surface area contributed by atoms with Gasteiger partial charge < -0.3 is 10.1 Å². The number of amides is 1. The quantitative estimate of drug-likeness (QED) is 0.939. The van der Waals surface area contributed by atoms with Crippen LogP contribution in [0.3, 0.4) is 0 Å². The zero-order valence-electron chi connectivity index (χ0n) is 11.7. The van der Waals surface area contributed by atoms with Crippen LogP contribution in [-0.2, 0) is 4.79 Å². The maximum atomic E-state index is 12.5. The first-order valence-electron chi connectivity index (χ1n) is 6.48. The van der Waals surface area contributed by atoms with Crippen molar-refractivity contribution in [3.8, 4) is 5.75 Å². The standard InChI is InChI=1S/C16H14F3NO2/c1-22-13-9-7-12(8-10-13)14(11-5-3-2-4-6-11)20-15(21)16(17,18)19/h2-10,14H,1H3,(H,20,21)/t14-/m0/s1. The van der Waals surface area contributed by atoms with Gasteiger partial charge in [0.1, 0.15) is 5.75 Å². The summed E-state index contributed by atoms with van der Waals surface area (Å²) in [7, 11) is 1.50. The van der Waals surface area contributed by atoms with Gasteiger partial charge >= 0.3 is 12.1 Å². The van der Waals surface area contributed by atoms with Gasteiger partial charge in [-0.25, -0.2) is 0 Å². The Morgan fingerprint density at radius 2 is 1.55 bits per heavy atom. The van der Waals surface area contributed by atoms with Crippen molar-refractivity contribution in [2.24, 2.45) is 0 Å². The van der Waals surface area contributed by atoms with Crippen LogP contribution in [0.2, 0.25) is 0 Å². The van der Waals surface area contributed by atoms with Gasteiger partial charge in [-0.15, -0.1) is 0 Å². The van der Waals surface area contributed by atoms with Crippen LogP contribution >= 0.6 is 0 Å². The molecule has 1 atom stereocenters. The van der Waals surface area contributed by atoms with Crippen molar-refractivity contribution >= 4 is 5.91 Å². The van der Waals surface area contributed by atoms with Crippen LogP contribution in [0.15, 0.2) is 54.6 Å². The molecular weight excluding hydrogens is 295 g/mol. The average Bonchev–Trinajstić information content (AvgIpc) is 2.52. The molecule has 2 rings (SSSR count). The Kier molecular flexibility index (Phi) is 4.70. The number of nitrogens with one attached hydrogen (secondary N) is 1. The Labute approximate surface area is 125 Å². The number of hydrogen-bond acceptors (Lipinski definition) is 2. The van der Waals surface area contributed by atoms with E-state index in [2.05, 4.69) is 0 Å². The van der Waals surface area contributed by atoms with Gasteiger partial charge in [-0.2, -0.15) is 13.2 Å². The predicted molar refractivity (Wildman–Crippen MR) is 75.5 cm³/mol. The molecule has 0 aromatic heterocycles. The molecule has 2 aromatic rings. The molecule has 22 heavy (non-hydrogen) atoms. The molecule has 116 valence electrons. The molecule has 0 heterocycles. The zero-order chi connectivity index (χ0) is 16.2. The lowest BCUT2D eigenvalue weighted by Gasteiger charge is -2.21. The van der Waals surface area contributed by atoms with E-state index in [0.717, 1.165) is 0 Å². The van der Waals surface area contributed by atoms with E-state index in [-0.39, 0.29) is 0 Å².